The van der Waals surface area contributed by atoms with E-state index in [9.17, 15) is 26.4 Å². The van der Waals surface area contributed by atoms with E-state index in [2.05, 4.69) is 5.10 Å². The normalized spacial score (nSPS) is 18.2. The third-order valence-electron chi connectivity index (χ3n) is 5.42. The number of rotatable bonds is 5. The van der Waals surface area contributed by atoms with Gasteiger partial charge in [-0.3, -0.25) is 0 Å². The van der Waals surface area contributed by atoms with E-state index in [0.29, 0.717) is 35.8 Å². The van der Waals surface area contributed by atoms with Gasteiger partial charge in [0, 0.05) is 19.0 Å². The van der Waals surface area contributed by atoms with Crippen LogP contribution < -0.4 is 5.69 Å². The lowest BCUT2D eigenvalue weighted by atomic mass is 9.99. The van der Waals surface area contributed by atoms with E-state index in [1.165, 1.54) is 37.0 Å². The quantitative estimate of drug-likeness (QED) is 0.555. The second kappa shape index (κ2) is 8.49. The van der Waals surface area contributed by atoms with Crippen molar-refractivity contribution in [3.05, 3.63) is 69.2 Å². The summed E-state index contributed by atoms with van der Waals surface area (Å²) in [5.41, 5.74) is -0.677. The first-order valence-electron chi connectivity index (χ1n) is 9.89. The molecule has 4 rings (SSSR count). The molecular formula is C20H21F3N4O3S2. The summed E-state index contributed by atoms with van der Waals surface area (Å²) < 4.78 is 66.7. The van der Waals surface area contributed by atoms with E-state index in [-0.39, 0.29) is 19.0 Å². The summed E-state index contributed by atoms with van der Waals surface area (Å²) in [5, 5.41) is 6.98. The number of sulfonamides is 1. The Morgan fingerprint density at radius 1 is 1.19 bits per heavy atom. The molecule has 1 saturated heterocycles. The summed E-state index contributed by atoms with van der Waals surface area (Å²) in [7, 11) is -3.38. The molecule has 3 aromatic rings. The van der Waals surface area contributed by atoms with Gasteiger partial charge < -0.3 is 0 Å². The van der Waals surface area contributed by atoms with Crippen LogP contribution in [-0.4, -0.2) is 46.4 Å². The fourth-order valence-electron chi connectivity index (χ4n) is 3.82. The highest BCUT2D eigenvalue weighted by Gasteiger charge is 2.32. The van der Waals surface area contributed by atoms with Crippen molar-refractivity contribution in [3.8, 4) is 5.00 Å². The molecule has 1 fully saturated rings. The maximum atomic E-state index is 13.2. The molecule has 0 aliphatic carbocycles. The molecule has 0 spiro atoms. The van der Waals surface area contributed by atoms with Gasteiger partial charge in [-0.15, -0.1) is 11.3 Å². The molecule has 172 valence electrons. The van der Waals surface area contributed by atoms with Crippen LogP contribution in [0.1, 0.15) is 35.7 Å². The minimum Gasteiger partial charge on any atom is -0.246 e. The van der Waals surface area contributed by atoms with E-state index in [4.69, 9.17) is 0 Å². The van der Waals surface area contributed by atoms with Crippen LogP contribution in [0, 0.1) is 0 Å². The second-order valence-corrected chi connectivity index (χ2v) is 10.6. The zero-order valence-electron chi connectivity index (χ0n) is 17.1. The van der Waals surface area contributed by atoms with Crippen molar-refractivity contribution in [2.24, 2.45) is 0 Å². The Hall–Kier alpha value is -2.44. The Kier molecular flexibility index (Phi) is 6.03. The van der Waals surface area contributed by atoms with Crippen LogP contribution in [0.4, 0.5) is 13.2 Å². The highest BCUT2D eigenvalue weighted by molar-refractivity contribution is 7.88. The third-order valence-corrected chi connectivity index (χ3v) is 7.55. The molecular weight excluding hydrogens is 465 g/mol. The van der Waals surface area contributed by atoms with E-state index in [1.807, 2.05) is 5.38 Å². The fraction of sp³-hybridized carbons (Fsp3) is 0.400. The van der Waals surface area contributed by atoms with Crippen LogP contribution in [-0.2, 0) is 22.7 Å². The number of benzene rings is 1. The van der Waals surface area contributed by atoms with Crippen molar-refractivity contribution < 1.29 is 21.6 Å². The van der Waals surface area contributed by atoms with Crippen molar-refractivity contribution >= 4 is 21.4 Å². The number of hydrogen-bond acceptors (Lipinski definition) is 5. The first-order chi connectivity index (χ1) is 15.0. The largest absolute Gasteiger partial charge is 0.416 e. The Morgan fingerprint density at radius 2 is 1.91 bits per heavy atom. The van der Waals surface area contributed by atoms with Crippen LogP contribution >= 0.6 is 11.3 Å². The molecule has 0 radical (unpaired) electrons. The van der Waals surface area contributed by atoms with E-state index < -0.39 is 27.5 Å². The minimum absolute atomic E-state index is 0.00482. The van der Waals surface area contributed by atoms with Gasteiger partial charge in [-0.2, -0.15) is 18.3 Å². The summed E-state index contributed by atoms with van der Waals surface area (Å²) in [5.74, 6) is 0.180. The Bertz CT molecular complexity index is 1250. The predicted molar refractivity (Wildman–Crippen MR) is 115 cm³/mol. The molecule has 12 heteroatoms. The molecule has 1 atom stereocenters. The van der Waals surface area contributed by atoms with E-state index in [0.717, 1.165) is 18.4 Å². The first-order valence-corrected chi connectivity index (χ1v) is 12.6. The summed E-state index contributed by atoms with van der Waals surface area (Å²) in [6.45, 7) is 0.649. The summed E-state index contributed by atoms with van der Waals surface area (Å²) in [6.07, 6.45) is -1.96. The van der Waals surface area contributed by atoms with E-state index in [1.54, 1.807) is 12.1 Å². The van der Waals surface area contributed by atoms with E-state index >= 15 is 0 Å². The molecule has 7 nitrogen and oxygen atoms in total. The lowest BCUT2D eigenvalue weighted by Gasteiger charge is -2.30. The Balaban J connectivity index is 1.70. The van der Waals surface area contributed by atoms with Crippen LogP contribution in [0.25, 0.3) is 5.00 Å². The molecule has 1 aromatic carbocycles. The average molecular weight is 487 g/mol. The maximum absolute atomic E-state index is 13.2. The number of nitrogens with zero attached hydrogens (tertiary/aromatic N) is 4. The zero-order chi connectivity index (χ0) is 23.1. The van der Waals surface area contributed by atoms with Crippen LogP contribution in [0.3, 0.4) is 0 Å². The average Bonchev–Trinajstić information content (AvgIpc) is 3.36. The Morgan fingerprint density at radius 3 is 2.50 bits per heavy atom. The summed E-state index contributed by atoms with van der Waals surface area (Å²) in [6, 6.07) is 8.17. The molecule has 1 aliphatic heterocycles. The molecule has 0 saturated carbocycles. The first kappa shape index (κ1) is 22.7. The molecule has 0 bridgehead atoms. The van der Waals surface area contributed by atoms with Gasteiger partial charge in [-0.1, -0.05) is 12.1 Å². The monoisotopic (exact) mass is 486 g/mol. The topological polar surface area (TPSA) is 77.2 Å². The number of thiophene rings is 1. The Labute approximate surface area is 186 Å². The lowest BCUT2D eigenvalue weighted by Crippen LogP contribution is -2.39. The number of aromatic nitrogens is 3. The number of halogens is 3. The van der Waals surface area contributed by atoms with Crippen molar-refractivity contribution in [1.82, 2.24) is 18.7 Å². The minimum atomic E-state index is -4.43. The molecule has 32 heavy (non-hydrogen) atoms. The lowest BCUT2D eigenvalue weighted by molar-refractivity contribution is -0.137. The molecule has 3 heterocycles. The SMILES string of the molecule is CS(=O)(=O)N1CCCC(c2nn(Cc3ccc(C(F)(F)F)cc3)c(=O)n2-c2cccs2)C1. The van der Waals surface area contributed by atoms with Gasteiger partial charge in [-0.05, 0) is 48.1 Å². The molecule has 0 amide bonds. The van der Waals surface area contributed by atoms with Gasteiger partial charge in [0.05, 0.1) is 18.4 Å². The van der Waals surface area contributed by atoms with Crippen molar-refractivity contribution in [1.29, 1.82) is 0 Å². The highest BCUT2D eigenvalue weighted by Crippen LogP contribution is 2.30. The van der Waals surface area contributed by atoms with Gasteiger partial charge in [-0.25, -0.2) is 26.8 Å². The van der Waals surface area contributed by atoms with Crippen LogP contribution in [0.5, 0.6) is 0 Å². The second-order valence-electron chi connectivity index (χ2n) is 7.74. The third kappa shape index (κ3) is 4.66. The number of hydrogen-bond donors (Lipinski definition) is 0. The predicted octanol–water partition coefficient (Wildman–Crippen LogP) is 3.30. The van der Waals surface area contributed by atoms with Gasteiger partial charge in [0.25, 0.3) is 0 Å². The van der Waals surface area contributed by atoms with Crippen molar-refractivity contribution in [3.63, 3.8) is 0 Å². The van der Waals surface area contributed by atoms with Gasteiger partial charge in [0.2, 0.25) is 10.0 Å². The van der Waals surface area contributed by atoms with Crippen molar-refractivity contribution in [2.75, 3.05) is 19.3 Å². The zero-order valence-corrected chi connectivity index (χ0v) is 18.8. The van der Waals surface area contributed by atoms with Gasteiger partial charge >= 0.3 is 11.9 Å². The van der Waals surface area contributed by atoms with Gasteiger partial charge in [0.15, 0.2) is 0 Å². The maximum Gasteiger partial charge on any atom is 0.416 e. The smallest absolute Gasteiger partial charge is 0.246 e. The fourth-order valence-corrected chi connectivity index (χ4v) is 5.46. The van der Waals surface area contributed by atoms with Crippen molar-refractivity contribution in [2.45, 2.75) is 31.5 Å². The number of piperidine rings is 1. The standard InChI is InChI=1S/C20H21F3N4O3S2/c1-32(29,30)25-10-2-4-15(13-25)18-24-26(19(28)27(18)17-5-3-11-31-17)12-14-6-8-16(9-7-14)20(21,22)23/h3,5-9,11,15H,2,4,10,12-13H2,1H3. The summed E-state index contributed by atoms with van der Waals surface area (Å²) >= 11 is 1.35. The number of alkyl halides is 3. The molecule has 0 N–H and O–H groups in total. The van der Waals surface area contributed by atoms with Crippen LogP contribution in [0.15, 0.2) is 46.6 Å². The molecule has 1 unspecified atom stereocenters. The van der Waals surface area contributed by atoms with Gasteiger partial charge in [0.1, 0.15) is 10.8 Å². The van der Waals surface area contributed by atoms with Crippen LogP contribution in [0.2, 0.25) is 0 Å². The molecule has 2 aromatic heterocycles. The molecule has 1 aliphatic rings. The highest BCUT2D eigenvalue weighted by atomic mass is 32.2. The summed E-state index contributed by atoms with van der Waals surface area (Å²) in [4.78, 5) is 13.2.